The molecule has 8 nitrogen and oxygen atoms in total. The molecule has 0 aliphatic carbocycles. The number of primary amides is 1. The monoisotopic (exact) mass is 445 g/mol. The molecule has 2 aromatic carbocycles. The lowest BCUT2D eigenvalue weighted by Crippen LogP contribution is -2.45. The average molecular weight is 446 g/mol. The maximum Gasteiger partial charge on any atom is 0.237 e. The Labute approximate surface area is 182 Å². The first kappa shape index (κ1) is 21.2. The molecule has 0 saturated carbocycles. The molecule has 3 aromatic rings. The number of aliphatic hydroxyl groups excluding tert-OH is 1. The molecule has 1 aliphatic heterocycles. The minimum absolute atomic E-state index is 0.00148. The minimum atomic E-state index is -0.784. The van der Waals surface area contributed by atoms with Gasteiger partial charge in [0, 0.05) is 36.3 Å². The van der Waals surface area contributed by atoms with Crippen molar-refractivity contribution in [1.82, 2.24) is 14.9 Å². The lowest BCUT2D eigenvalue weighted by Gasteiger charge is -2.24. The van der Waals surface area contributed by atoms with E-state index in [-0.39, 0.29) is 16.7 Å². The van der Waals surface area contributed by atoms with Crippen LogP contribution in [0.2, 0.25) is 5.02 Å². The summed E-state index contributed by atoms with van der Waals surface area (Å²) in [5, 5.41) is 13.6. The first-order chi connectivity index (χ1) is 14.9. The van der Waals surface area contributed by atoms with Crippen LogP contribution in [0.4, 0.5) is 16.0 Å². The Kier molecular flexibility index (Phi) is 5.90. The highest BCUT2D eigenvalue weighted by atomic mass is 35.5. The van der Waals surface area contributed by atoms with Crippen LogP contribution >= 0.6 is 11.6 Å². The molecule has 0 unspecified atom stereocenters. The molecule has 10 heteroatoms. The molecular weight excluding hydrogens is 425 g/mol. The predicted molar refractivity (Wildman–Crippen MR) is 115 cm³/mol. The zero-order chi connectivity index (χ0) is 22.1. The number of fused-ring (bicyclic) bond motifs is 1. The smallest absolute Gasteiger partial charge is 0.237 e. The van der Waals surface area contributed by atoms with Crippen LogP contribution in [0.25, 0.3) is 10.9 Å². The molecule has 1 aliphatic rings. The number of nitrogens with zero attached hydrogens (tertiary/aromatic N) is 3. The summed E-state index contributed by atoms with van der Waals surface area (Å²) in [5.41, 5.74) is 7.02. The van der Waals surface area contributed by atoms with Crippen molar-refractivity contribution in [2.45, 2.75) is 25.1 Å². The highest BCUT2D eigenvalue weighted by Crippen LogP contribution is 2.30. The van der Waals surface area contributed by atoms with Gasteiger partial charge < -0.3 is 20.9 Å². The number of hydrogen-bond donors (Lipinski definition) is 3. The topological polar surface area (TPSA) is 114 Å². The number of hydrogen-bond acceptors (Lipinski definition) is 7. The Morgan fingerprint density at radius 1 is 1.45 bits per heavy atom. The highest BCUT2D eigenvalue weighted by molar-refractivity contribution is 6.31. The van der Waals surface area contributed by atoms with Gasteiger partial charge in [0.2, 0.25) is 11.9 Å². The zero-order valence-electron chi connectivity index (χ0n) is 16.7. The van der Waals surface area contributed by atoms with E-state index in [9.17, 15) is 14.3 Å². The van der Waals surface area contributed by atoms with Crippen LogP contribution in [0.3, 0.4) is 0 Å². The molecular formula is C21H21ClFN5O3. The standard InChI is InChI=1S/C21H21ClFN5O3/c1-31-17-8-15-11(7-12(17)10-28-6-5-16(29)19(28)20(24)30)9-25-21(27-15)26-14-4-2-3-13(22)18(14)23/h2-4,7-9,16,19,29H,5-6,10H2,1H3,(H2,24,30)(H,25,26,27)/t16-,19-/m0/s1. The molecule has 2 atom stereocenters. The van der Waals surface area contributed by atoms with Gasteiger partial charge in [-0.05, 0) is 24.6 Å². The van der Waals surface area contributed by atoms with E-state index >= 15 is 0 Å². The molecule has 0 spiro atoms. The van der Waals surface area contributed by atoms with Crippen molar-refractivity contribution in [2.24, 2.45) is 5.73 Å². The number of methoxy groups -OCH3 is 1. The molecule has 2 heterocycles. The molecule has 1 fully saturated rings. The van der Waals surface area contributed by atoms with E-state index in [4.69, 9.17) is 22.1 Å². The van der Waals surface area contributed by atoms with Gasteiger partial charge in [-0.1, -0.05) is 17.7 Å². The molecule has 4 N–H and O–H groups in total. The van der Waals surface area contributed by atoms with Crippen molar-refractivity contribution in [3.63, 3.8) is 0 Å². The van der Waals surface area contributed by atoms with Crippen LogP contribution < -0.4 is 15.8 Å². The highest BCUT2D eigenvalue weighted by Gasteiger charge is 2.37. The number of carbonyl (C=O) groups is 1. The second-order valence-electron chi connectivity index (χ2n) is 7.32. The van der Waals surface area contributed by atoms with Gasteiger partial charge in [0.05, 0.1) is 29.4 Å². The van der Waals surface area contributed by atoms with E-state index in [0.29, 0.717) is 30.8 Å². The maximum absolute atomic E-state index is 14.2. The van der Waals surface area contributed by atoms with Gasteiger partial charge in [0.25, 0.3) is 0 Å². The number of anilines is 2. The molecule has 4 rings (SSSR count). The van der Waals surface area contributed by atoms with Gasteiger partial charge in [-0.15, -0.1) is 0 Å². The van der Waals surface area contributed by atoms with Crippen molar-refractivity contribution >= 4 is 40.0 Å². The van der Waals surface area contributed by atoms with Crippen LogP contribution in [0.15, 0.2) is 36.5 Å². The van der Waals surface area contributed by atoms with E-state index < -0.39 is 23.9 Å². The van der Waals surface area contributed by atoms with Gasteiger partial charge in [-0.25, -0.2) is 14.4 Å². The molecule has 0 bridgehead atoms. The van der Waals surface area contributed by atoms with Crippen LogP contribution in [0.1, 0.15) is 12.0 Å². The number of nitrogens with two attached hydrogens (primary N) is 1. The number of benzene rings is 2. The van der Waals surface area contributed by atoms with Gasteiger partial charge in [0.1, 0.15) is 11.8 Å². The number of halogens is 2. The first-order valence-electron chi connectivity index (χ1n) is 9.63. The fraction of sp³-hybridized carbons (Fsp3) is 0.286. The van der Waals surface area contributed by atoms with Gasteiger partial charge in [-0.2, -0.15) is 0 Å². The van der Waals surface area contributed by atoms with E-state index in [2.05, 4.69) is 15.3 Å². The third kappa shape index (κ3) is 4.25. The number of nitrogens with one attached hydrogen (secondary N) is 1. The predicted octanol–water partition coefficient (Wildman–Crippen LogP) is 2.60. The average Bonchev–Trinajstić information content (AvgIpc) is 3.11. The summed E-state index contributed by atoms with van der Waals surface area (Å²) < 4.78 is 19.7. The second kappa shape index (κ2) is 8.62. The summed E-state index contributed by atoms with van der Waals surface area (Å²) >= 11 is 5.82. The lowest BCUT2D eigenvalue weighted by molar-refractivity contribution is -0.124. The minimum Gasteiger partial charge on any atom is -0.496 e. The quantitative estimate of drug-likeness (QED) is 0.534. The third-order valence-electron chi connectivity index (χ3n) is 5.31. The van der Waals surface area contributed by atoms with E-state index in [1.165, 1.54) is 19.2 Å². The van der Waals surface area contributed by atoms with Crippen LogP contribution in [0, 0.1) is 5.82 Å². The van der Waals surface area contributed by atoms with Gasteiger partial charge in [-0.3, -0.25) is 9.69 Å². The number of aromatic nitrogens is 2. The Balaban J connectivity index is 1.63. The summed E-state index contributed by atoms with van der Waals surface area (Å²) in [7, 11) is 1.54. The molecule has 162 valence electrons. The molecule has 1 saturated heterocycles. The normalized spacial score (nSPS) is 19.0. The maximum atomic E-state index is 14.2. The number of amides is 1. The summed E-state index contributed by atoms with van der Waals surface area (Å²) in [5.74, 6) is -0.370. The van der Waals surface area contributed by atoms with E-state index in [1.54, 1.807) is 18.3 Å². The fourth-order valence-electron chi connectivity index (χ4n) is 3.81. The van der Waals surface area contributed by atoms with Gasteiger partial charge >= 0.3 is 0 Å². The number of rotatable bonds is 6. The second-order valence-corrected chi connectivity index (χ2v) is 7.72. The summed E-state index contributed by atoms with van der Waals surface area (Å²) in [4.78, 5) is 22.3. The third-order valence-corrected chi connectivity index (χ3v) is 5.61. The van der Waals surface area contributed by atoms with Crippen LogP contribution in [0.5, 0.6) is 5.75 Å². The summed E-state index contributed by atoms with van der Waals surface area (Å²) in [6, 6.07) is 7.49. The SMILES string of the molecule is COc1cc2nc(Nc3cccc(Cl)c3F)ncc2cc1CN1CC[C@H](O)[C@H]1C(N)=O. The number of likely N-dealkylation sites (tertiary alicyclic amines) is 1. The Morgan fingerprint density at radius 3 is 3.00 bits per heavy atom. The van der Waals surface area contributed by atoms with Crippen molar-refractivity contribution in [2.75, 3.05) is 19.0 Å². The van der Waals surface area contributed by atoms with Crippen molar-refractivity contribution in [3.05, 3.63) is 52.9 Å². The van der Waals surface area contributed by atoms with E-state index in [0.717, 1.165) is 10.9 Å². The largest absolute Gasteiger partial charge is 0.496 e. The van der Waals surface area contributed by atoms with Crippen molar-refractivity contribution < 1.29 is 19.0 Å². The molecule has 0 radical (unpaired) electrons. The fourth-order valence-corrected chi connectivity index (χ4v) is 3.98. The van der Waals surface area contributed by atoms with Crippen molar-refractivity contribution in [3.8, 4) is 5.75 Å². The van der Waals surface area contributed by atoms with Crippen molar-refractivity contribution in [1.29, 1.82) is 0 Å². The number of ether oxygens (including phenoxy) is 1. The molecule has 1 aromatic heterocycles. The first-order valence-corrected chi connectivity index (χ1v) is 10.0. The summed E-state index contributed by atoms with van der Waals surface area (Å²) in [6.07, 6.45) is 1.30. The molecule has 31 heavy (non-hydrogen) atoms. The molecule has 1 amide bonds. The lowest BCUT2D eigenvalue weighted by atomic mass is 10.1. The Morgan fingerprint density at radius 2 is 2.26 bits per heavy atom. The number of aliphatic hydroxyl groups is 1. The Bertz CT molecular complexity index is 1150. The van der Waals surface area contributed by atoms with Crippen LogP contribution in [-0.4, -0.2) is 51.7 Å². The van der Waals surface area contributed by atoms with Gasteiger partial charge in [0.15, 0.2) is 5.82 Å². The van der Waals surface area contributed by atoms with E-state index in [1.807, 2.05) is 11.0 Å². The zero-order valence-corrected chi connectivity index (χ0v) is 17.4. The van der Waals surface area contributed by atoms with Crippen LogP contribution in [-0.2, 0) is 11.3 Å². The number of carbonyl (C=O) groups excluding carboxylic acids is 1. The summed E-state index contributed by atoms with van der Waals surface area (Å²) in [6.45, 7) is 0.915. The Hall–Kier alpha value is -3.01.